The number of phenolic OH excluding ortho intramolecular Hbond substituents is 1. The summed E-state index contributed by atoms with van der Waals surface area (Å²) in [6.45, 7) is 1.84. The molecule has 0 saturated heterocycles. The summed E-state index contributed by atoms with van der Waals surface area (Å²) in [5.41, 5.74) is 0.483. The van der Waals surface area contributed by atoms with Gasteiger partial charge in [-0.3, -0.25) is 0 Å². The smallest absolute Gasteiger partial charge is 0.202 e. The monoisotopic (exact) mass is 178 g/mol. The average molecular weight is 178 g/mol. The van der Waals surface area contributed by atoms with E-state index in [1.165, 1.54) is 7.11 Å². The van der Waals surface area contributed by atoms with Crippen molar-refractivity contribution in [3.05, 3.63) is 24.0 Å². The van der Waals surface area contributed by atoms with Gasteiger partial charge in [0.05, 0.1) is 7.11 Å². The Morgan fingerprint density at radius 1 is 1.38 bits per heavy atom. The molecule has 3 heteroatoms. The number of fused-ring (bicyclic) bond motifs is 1. The highest BCUT2D eigenvalue weighted by molar-refractivity contribution is 5.86. The van der Waals surface area contributed by atoms with Crippen molar-refractivity contribution in [3.8, 4) is 11.5 Å². The Balaban J connectivity index is 2.78. The molecule has 0 aliphatic rings. The molecule has 2 rings (SSSR count). The van der Waals surface area contributed by atoms with Crippen molar-refractivity contribution >= 4 is 11.0 Å². The topological polar surface area (TPSA) is 42.6 Å². The summed E-state index contributed by atoms with van der Waals surface area (Å²) in [6.07, 6.45) is 0. The van der Waals surface area contributed by atoms with E-state index in [0.29, 0.717) is 11.3 Å². The Hall–Kier alpha value is -1.64. The lowest BCUT2D eigenvalue weighted by atomic mass is 10.2. The van der Waals surface area contributed by atoms with Crippen molar-refractivity contribution in [2.75, 3.05) is 7.11 Å². The summed E-state index contributed by atoms with van der Waals surface area (Å²) in [5.74, 6) is 1.27. The minimum absolute atomic E-state index is 0.0631. The third-order valence-corrected chi connectivity index (χ3v) is 1.97. The van der Waals surface area contributed by atoms with Gasteiger partial charge in [-0.1, -0.05) is 0 Å². The number of aromatic hydroxyl groups is 1. The highest BCUT2D eigenvalue weighted by atomic mass is 16.5. The lowest BCUT2D eigenvalue weighted by molar-refractivity contribution is 0.371. The number of furan rings is 1. The van der Waals surface area contributed by atoms with Crippen molar-refractivity contribution in [3.63, 3.8) is 0 Å². The van der Waals surface area contributed by atoms with Gasteiger partial charge < -0.3 is 14.3 Å². The SMILES string of the molecule is COc1ccc2cc(C)oc2c1O. The lowest BCUT2D eigenvalue weighted by Crippen LogP contribution is -1.82. The second-order valence-electron chi connectivity index (χ2n) is 2.89. The number of methoxy groups -OCH3 is 1. The Morgan fingerprint density at radius 3 is 2.85 bits per heavy atom. The van der Waals surface area contributed by atoms with E-state index in [2.05, 4.69) is 0 Å². The van der Waals surface area contributed by atoms with E-state index in [9.17, 15) is 5.11 Å². The zero-order valence-corrected chi connectivity index (χ0v) is 7.50. The van der Waals surface area contributed by atoms with Gasteiger partial charge in [0.25, 0.3) is 0 Å². The van der Waals surface area contributed by atoms with Crippen molar-refractivity contribution in [1.82, 2.24) is 0 Å². The zero-order chi connectivity index (χ0) is 9.42. The standard InChI is InChI=1S/C10H10O3/c1-6-5-7-3-4-8(12-2)9(11)10(7)13-6/h3-5,11H,1-2H3. The second-order valence-corrected chi connectivity index (χ2v) is 2.89. The van der Waals surface area contributed by atoms with Crippen LogP contribution in [0.1, 0.15) is 5.76 Å². The minimum Gasteiger partial charge on any atom is -0.502 e. The molecule has 2 aromatic rings. The summed E-state index contributed by atoms with van der Waals surface area (Å²) in [7, 11) is 1.51. The second kappa shape index (κ2) is 2.69. The normalized spacial score (nSPS) is 10.6. The molecule has 1 aromatic heterocycles. The molecule has 0 atom stereocenters. The first-order chi connectivity index (χ1) is 6.22. The van der Waals surface area contributed by atoms with Crippen molar-refractivity contribution < 1.29 is 14.3 Å². The maximum Gasteiger partial charge on any atom is 0.202 e. The molecule has 0 aliphatic carbocycles. The molecule has 1 aromatic carbocycles. The molecule has 0 bridgehead atoms. The fourth-order valence-corrected chi connectivity index (χ4v) is 1.36. The van der Waals surface area contributed by atoms with E-state index in [1.54, 1.807) is 6.07 Å². The van der Waals surface area contributed by atoms with Crippen LogP contribution in [-0.2, 0) is 0 Å². The van der Waals surface area contributed by atoms with E-state index in [0.717, 1.165) is 11.1 Å². The molecular formula is C10H10O3. The van der Waals surface area contributed by atoms with Gasteiger partial charge in [-0.15, -0.1) is 0 Å². The Kier molecular flexibility index (Phi) is 1.65. The zero-order valence-electron chi connectivity index (χ0n) is 7.50. The number of hydrogen-bond donors (Lipinski definition) is 1. The molecule has 0 spiro atoms. The Morgan fingerprint density at radius 2 is 2.15 bits per heavy atom. The highest BCUT2D eigenvalue weighted by Gasteiger charge is 2.10. The van der Waals surface area contributed by atoms with Crippen LogP contribution in [0.2, 0.25) is 0 Å². The van der Waals surface area contributed by atoms with Crippen LogP contribution in [0.5, 0.6) is 11.5 Å². The van der Waals surface area contributed by atoms with Gasteiger partial charge in [-0.25, -0.2) is 0 Å². The number of benzene rings is 1. The maximum atomic E-state index is 9.64. The summed E-state index contributed by atoms with van der Waals surface area (Å²) >= 11 is 0. The number of rotatable bonds is 1. The van der Waals surface area contributed by atoms with E-state index < -0.39 is 0 Å². The fourth-order valence-electron chi connectivity index (χ4n) is 1.36. The molecule has 68 valence electrons. The van der Waals surface area contributed by atoms with Crippen molar-refractivity contribution in [1.29, 1.82) is 0 Å². The quantitative estimate of drug-likeness (QED) is 0.729. The van der Waals surface area contributed by atoms with Gasteiger partial charge in [-0.2, -0.15) is 0 Å². The van der Waals surface area contributed by atoms with Crippen LogP contribution in [0.4, 0.5) is 0 Å². The summed E-state index contributed by atoms with van der Waals surface area (Å²) in [5, 5.41) is 10.5. The first-order valence-corrected chi connectivity index (χ1v) is 3.98. The van der Waals surface area contributed by atoms with Crippen molar-refractivity contribution in [2.45, 2.75) is 6.92 Å². The van der Waals surface area contributed by atoms with Gasteiger partial charge in [0.1, 0.15) is 5.76 Å². The molecule has 0 aliphatic heterocycles. The lowest BCUT2D eigenvalue weighted by Gasteiger charge is -2.01. The molecule has 1 heterocycles. The first kappa shape index (κ1) is 7.98. The van der Waals surface area contributed by atoms with Crippen molar-refractivity contribution in [2.24, 2.45) is 0 Å². The third-order valence-electron chi connectivity index (χ3n) is 1.97. The fraction of sp³-hybridized carbons (Fsp3) is 0.200. The van der Waals surface area contributed by atoms with Crippen LogP contribution in [0.3, 0.4) is 0 Å². The Bertz CT molecular complexity index is 443. The van der Waals surface area contributed by atoms with Crippen LogP contribution in [-0.4, -0.2) is 12.2 Å². The molecule has 13 heavy (non-hydrogen) atoms. The van der Waals surface area contributed by atoms with Gasteiger partial charge in [0.15, 0.2) is 11.3 Å². The van der Waals surface area contributed by atoms with Gasteiger partial charge in [0.2, 0.25) is 5.75 Å². The molecule has 1 N–H and O–H groups in total. The molecule has 0 radical (unpaired) electrons. The predicted octanol–water partition coefficient (Wildman–Crippen LogP) is 2.46. The molecular weight excluding hydrogens is 168 g/mol. The summed E-state index contributed by atoms with van der Waals surface area (Å²) in [4.78, 5) is 0. The van der Waals surface area contributed by atoms with Gasteiger partial charge in [-0.05, 0) is 25.1 Å². The summed E-state index contributed by atoms with van der Waals surface area (Å²) < 4.78 is 10.3. The maximum absolute atomic E-state index is 9.64. The first-order valence-electron chi connectivity index (χ1n) is 3.98. The van der Waals surface area contributed by atoms with Crippen LogP contribution in [0.15, 0.2) is 22.6 Å². The van der Waals surface area contributed by atoms with Gasteiger partial charge >= 0.3 is 0 Å². The largest absolute Gasteiger partial charge is 0.502 e. The molecule has 0 fully saturated rings. The minimum atomic E-state index is 0.0631. The highest BCUT2D eigenvalue weighted by Crippen LogP contribution is 2.35. The Labute approximate surface area is 75.5 Å². The van der Waals surface area contributed by atoms with Gasteiger partial charge in [0, 0.05) is 5.39 Å². The predicted molar refractivity (Wildman–Crippen MR) is 49.2 cm³/mol. The average Bonchev–Trinajstić information content (AvgIpc) is 2.47. The third kappa shape index (κ3) is 1.13. The van der Waals surface area contributed by atoms with E-state index in [-0.39, 0.29) is 5.75 Å². The van der Waals surface area contributed by atoms with E-state index in [4.69, 9.17) is 9.15 Å². The molecule has 3 nitrogen and oxygen atoms in total. The van der Waals surface area contributed by atoms with Crippen LogP contribution in [0, 0.1) is 6.92 Å². The van der Waals surface area contributed by atoms with Crippen LogP contribution >= 0.6 is 0 Å². The number of hydrogen-bond acceptors (Lipinski definition) is 3. The molecule has 0 saturated carbocycles. The summed E-state index contributed by atoms with van der Waals surface area (Å²) in [6, 6.07) is 5.44. The van der Waals surface area contributed by atoms with E-state index in [1.807, 2.05) is 19.1 Å². The number of ether oxygens (including phenoxy) is 1. The van der Waals surface area contributed by atoms with E-state index >= 15 is 0 Å². The number of aryl methyl sites for hydroxylation is 1. The molecule has 0 amide bonds. The molecule has 0 unspecified atom stereocenters. The number of phenols is 1. The van der Waals surface area contributed by atoms with Crippen LogP contribution < -0.4 is 4.74 Å². The van der Waals surface area contributed by atoms with Crippen LogP contribution in [0.25, 0.3) is 11.0 Å².